The van der Waals surface area contributed by atoms with E-state index in [4.69, 9.17) is 9.47 Å². The van der Waals surface area contributed by atoms with E-state index in [1.165, 1.54) is 12.8 Å². The van der Waals surface area contributed by atoms with Gasteiger partial charge in [-0.25, -0.2) is 9.97 Å². The Morgan fingerprint density at radius 1 is 0.969 bits per heavy atom. The summed E-state index contributed by atoms with van der Waals surface area (Å²) in [5.74, 6) is 3.29. The van der Waals surface area contributed by atoms with E-state index in [9.17, 15) is 4.79 Å². The Hall–Kier alpha value is -3.81. The SMILES string of the molecule is Cc1nc(Nc2ccc(NC(=O)c3cccc4c3OCCO4)cc2)cc(N2CCCC2)n1. The van der Waals surface area contributed by atoms with E-state index >= 15 is 0 Å². The van der Waals surface area contributed by atoms with Gasteiger partial charge < -0.3 is 25.0 Å². The van der Waals surface area contributed by atoms with Crippen molar-refractivity contribution >= 4 is 28.9 Å². The quantitative estimate of drug-likeness (QED) is 0.627. The number of nitrogens with one attached hydrogen (secondary N) is 2. The van der Waals surface area contributed by atoms with Crippen LogP contribution >= 0.6 is 0 Å². The zero-order valence-corrected chi connectivity index (χ0v) is 17.9. The lowest BCUT2D eigenvalue weighted by molar-refractivity contribution is 0.101. The van der Waals surface area contributed by atoms with Crippen LogP contribution in [0.5, 0.6) is 11.5 Å². The molecule has 2 aromatic carbocycles. The summed E-state index contributed by atoms with van der Waals surface area (Å²) in [5.41, 5.74) is 2.02. The number of carbonyl (C=O) groups excluding carboxylic acids is 1. The molecule has 32 heavy (non-hydrogen) atoms. The molecule has 2 aliphatic heterocycles. The van der Waals surface area contributed by atoms with Crippen LogP contribution in [0.25, 0.3) is 0 Å². The van der Waals surface area contributed by atoms with Gasteiger partial charge in [-0.1, -0.05) is 6.07 Å². The van der Waals surface area contributed by atoms with E-state index in [0.717, 1.165) is 36.2 Å². The molecule has 5 rings (SSSR count). The molecular formula is C24H25N5O3. The van der Waals surface area contributed by atoms with Crippen LogP contribution in [-0.4, -0.2) is 42.2 Å². The fourth-order valence-corrected chi connectivity index (χ4v) is 3.96. The number of fused-ring (bicyclic) bond motifs is 1. The van der Waals surface area contributed by atoms with E-state index < -0.39 is 0 Å². The Bertz CT molecular complexity index is 1130. The van der Waals surface area contributed by atoms with Crippen molar-refractivity contribution in [3.63, 3.8) is 0 Å². The molecule has 8 heteroatoms. The second-order valence-electron chi connectivity index (χ2n) is 7.84. The molecule has 2 aliphatic rings. The fourth-order valence-electron chi connectivity index (χ4n) is 3.96. The van der Waals surface area contributed by atoms with E-state index in [0.29, 0.717) is 36.0 Å². The molecule has 1 aromatic heterocycles. The summed E-state index contributed by atoms with van der Waals surface area (Å²) in [6, 6.07) is 14.8. The van der Waals surface area contributed by atoms with Crippen LogP contribution in [0.2, 0.25) is 0 Å². The summed E-state index contributed by atoms with van der Waals surface area (Å²) in [6.07, 6.45) is 2.40. The highest BCUT2D eigenvalue weighted by Crippen LogP contribution is 2.34. The van der Waals surface area contributed by atoms with Gasteiger partial charge in [0.05, 0.1) is 5.56 Å². The van der Waals surface area contributed by atoms with Crippen LogP contribution < -0.4 is 25.0 Å². The van der Waals surface area contributed by atoms with Crippen LogP contribution in [-0.2, 0) is 0 Å². The first-order valence-electron chi connectivity index (χ1n) is 10.8. The maximum Gasteiger partial charge on any atom is 0.259 e. The number of ether oxygens (including phenoxy) is 2. The van der Waals surface area contributed by atoms with Crippen molar-refractivity contribution < 1.29 is 14.3 Å². The number of carbonyl (C=O) groups is 1. The molecule has 2 N–H and O–H groups in total. The standard InChI is InChI=1S/C24H25N5O3/c1-16-25-21(15-22(26-16)29-11-2-3-12-29)27-17-7-9-18(10-8-17)28-24(30)19-5-4-6-20-23(19)32-14-13-31-20/h4-10,15H,2-3,11-14H2,1H3,(H,28,30)(H,25,26,27). The molecule has 0 aliphatic carbocycles. The summed E-state index contributed by atoms with van der Waals surface area (Å²) >= 11 is 0. The van der Waals surface area contributed by atoms with Gasteiger partial charge in [-0.05, 0) is 56.2 Å². The second kappa shape index (κ2) is 8.74. The number of hydrogen-bond acceptors (Lipinski definition) is 7. The molecular weight excluding hydrogens is 406 g/mol. The number of hydrogen-bond donors (Lipinski definition) is 2. The third-order valence-electron chi connectivity index (χ3n) is 5.48. The summed E-state index contributed by atoms with van der Waals surface area (Å²) in [4.78, 5) is 24.1. The average molecular weight is 431 g/mol. The minimum Gasteiger partial charge on any atom is -0.486 e. The lowest BCUT2D eigenvalue weighted by atomic mass is 10.1. The minimum absolute atomic E-state index is 0.241. The summed E-state index contributed by atoms with van der Waals surface area (Å²) in [6.45, 7) is 4.89. The Kier molecular flexibility index (Phi) is 5.49. The number of para-hydroxylation sites is 1. The molecule has 1 fully saturated rings. The molecule has 1 amide bonds. The van der Waals surface area contributed by atoms with Gasteiger partial charge in [0.25, 0.3) is 5.91 Å². The fraction of sp³-hybridized carbons (Fsp3) is 0.292. The number of benzene rings is 2. The van der Waals surface area contributed by atoms with Crippen LogP contribution in [0.1, 0.15) is 29.0 Å². The predicted octanol–water partition coefficient (Wildman–Crippen LogP) is 4.15. The number of rotatable bonds is 5. The monoisotopic (exact) mass is 431 g/mol. The van der Waals surface area contributed by atoms with Crippen LogP contribution in [0.3, 0.4) is 0 Å². The number of nitrogens with zero attached hydrogens (tertiary/aromatic N) is 3. The summed E-state index contributed by atoms with van der Waals surface area (Å²) < 4.78 is 11.2. The molecule has 164 valence electrons. The van der Waals surface area contributed by atoms with Crippen molar-refractivity contribution in [1.82, 2.24) is 9.97 Å². The molecule has 0 atom stereocenters. The van der Waals surface area contributed by atoms with E-state index in [2.05, 4.69) is 25.5 Å². The maximum atomic E-state index is 12.8. The van der Waals surface area contributed by atoms with E-state index in [-0.39, 0.29) is 5.91 Å². The molecule has 0 saturated carbocycles. The van der Waals surface area contributed by atoms with Crippen molar-refractivity contribution in [3.05, 3.63) is 59.9 Å². The van der Waals surface area contributed by atoms with Crippen molar-refractivity contribution in [2.75, 3.05) is 41.8 Å². The minimum atomic E-state index is -0.241. The zero-order valence-electron chi connectivity index (χ0n) is 17.9. The topological polar surface area (TPSA) is 88.6 Å². The Labute approximate surface area is 186 Å². The highest BCUT2D eigenvalue weighted by molar-refractivity contribution is 6.06. The number of amides is 1. The molecule has 0 bridgehead atoms. The Morgan fingerprint density at radius 2 is 1.72 bits per heavy atom. The Morgan fingerprint density at radius 3 is 2.53 bits per heavy atom. The zero-order chi connectivity index (χ0) is 21.9. The highest BCUT2D eigenvalue weighted by atomic mass is 16.6. The van der Waals surface area contributed by atoms with Crippen molar-refractivity contribution in [1.29, 1.82) is 0 Å². The maximum absolute atomic E-state index is 12.8. The molecule has 3 aromatic rings. The van der Waals surface area contributed by atoms with E-state index in [1.807, 2.05) is 37.3 Å². The molecule has 3 heterocycles. The molecule has 1 saturated heterocycles. The molecule has 8 nitrogen and oxygen atoms in total. The van der Waals surface area contributed by atoms with Gasteiger partial charge in [0, 0.05) is 30.5 Å². The first-order chi connectivity index (χ1) is 15.7. The van der Waals surface area contributed by atoms with E-state index in [1.54, 1.807) is 18.2 Å². The van der Waals surface area contributed by atoms with Crippen molar-refractivity contribution in [3.8, 4) is 11.5 Å². The molecule has 0 radical (unpaired) electrons. The van der Waals surface area contributed by atoms with Crippen LogP contribution in [0.15, 0.2) is 48.5 Å². The van der Waals surface area contributed by atoms with Gasteiger partial charge >= 0.3 is 0 Å². The first kappa shape index (κ1) is 20.1. The third kappa shape index (κ3) is 4.30. The van der Waals surface area contributed by atoms with Crippen LogP contribution in [0.4, 0.5) is 23.0 Å². The summed E-state index contributed by atoms with van der Waals surface area (Å²) in [5, 5.41) is 6.25. The van der Waals surface area contributed by atoms with Gasteiger partial charge in [0.2, 0.25) is 0 Å². The molecule has 0 unspecified atom stereocenters. The third-order valence-corrected chi connectivity index (χ3v) is 5.48. The number of aryl methyl sites for hydroxylation is 1. The van der Waals surface area contributed by atoms with Gasteiger partial charge in [-0.2, -0.15) is 0 Å². The van der Waals surface area contributed by atoms with Crippen molar-refractivity contribution in [2.45, 2.75) is 19.8 Å². The number of anilines is 4. The normalized spacial score (nSPS) is 14.8. The lowest BCUT2D eigenvalue weighted by Gasteiger charge is -2.20. The Balaban J connectivity index is 1.27. The largest absolute Gasteiger partial charge is 0.486 e. The highest BCUT2D eigenvalue weighted by Gasteiger charge is 2.20. The van der Waals surface area contributed by atoms with Gasteiger partial charge in [-0.3, -0.25) is 4.79 Å². The second-order valence-corrected chi connectivity index (χ2v) is 7.84. The molecule has 0 spiro atoms. The van der Waals surface area contributed by atoms with Gasteiger partial charge in [-0.15, -0.1) is 0 Å². The van der Waals surface area contributed by atoms with Crippen molar-refractivity contribution in [2.24, 2.45) is 0 Å². The van der Waals surface area contributed by atoms with Gasteiger partial charge in [0.15, 0.2) is 11.5 Å². The van der Waals surface area contributed by atoms with Gasteiger partial charge in [0.1, 0.15) is 30.7 Å². The lowest BCUT2D eigenvalue weighted by Crippen LogP contribution is -2.20. The number of aromatic nitrogens is 2. The van der Waals surface area contributed by atoms with Crippen LogP contribution in [0, 0.1) is 6.92 Å². The average Bonchev–Trinajstić information content (AvgIpc) is 3.35. The predicted molar refractivity (Wildman–Crippen MR) is 123 cm³/mol. The first-order valence-corrected chi connectivity index (χ1v) is 10.8. The smallest absolute Gasteiger partial charge is 0.259 e. The summed E-state index contributed by atoms with van der Waals surface area (Å²) in [7, 11) is 0.